The second kappa shape index (κ2) is 10.0. The Balaban J connectivity index is 1.48. The first-order chi connectivity index (χ1) is 13.9. The fourth-order valence-electron chi connectivity index (χ4n) is 3.55. The fraction of sp³-hybridized carbons (Fsp3) is 0.545. The van der Waals surface area contributed by atoms with Crippen LogP contribution in [0.25, 0.3) is 0 Å². The molecule has 2 N–H and O–H groups in total. The number of aryl methyl sites for hydroxylation is 2. The van der Waals surface area contributed by atoms with Crippen molar-refractivity contribution in [3.63, 3.8) is 0 Å². The van der Waals surface area contributed by atoms with Gasteiger partial charge in [-0.2, -0.15) is 0 Å². The zero-order valence-corrected chi connectivity index (χ0v) is 17.6. The Bertz CT molecular complexity index is 812. The molecule has 1 aromatic carbocycles. The Kier molecular flexibility index (Phi) is 7.41. The van der Waals surface area contributed by atoms with Gasteiger partial charge in [0.1, 0.15) is 6.26 Å². The summed E-state index contributed by atoms with van der Waals surface area (Å²) in [5, 5.41) is 12.8. The highest BCUT2D eigenvalue weighted by Crippen LogP contribution is 2.16. The summed E-state index contributed by atoms with van der Waals surface area (Å²) >= 11 is 0. The number of carbonyl (C=O) groups is 1. The Hall–Kier alpha value is -2.22. The quantitative estimate of drug-likeness (QED) is 0.709. The number of anilines is 1. The molecule has 1 unspecified atom stereocenters. The molecule has 1 fully saturated rings. The van der Waals surface area contributed by atoms with E-state index in [2.05, 4.69) is 27.0 Å². The summed E-state index contributed by atoms with van der Waals surface area (Å²) in [4.78, 5) is 21.4. The van der Waals surface area contributed by atoms with Gasteiger partial charge in [-0.05, 0) is 43.5 Å². The number of aromatic nitrogens is 1. The van der Waals surface area contributed by atoms with Crippen LogP contribution in [0.4, 0.5) is 5.69 Å². The summed E-state index contributed by atoms with van der Waals surface area (Å²) in [7, 11) is 0. The normalized spacial score (nSPS) is 16.7. The van der Waals surface area contributed by atoms with Crippen LogP contribution in [0.15, 0.2) is 28.9 Å². The molecule has 1 aliphatic rings. The predicted octanol–water partition coefficient (Wildman–Crippen LogP) is 2.82. The maximum atomic E-state index is 12.4. The number of piperazine rings is 1. The van der Waals surface area contributed by atoms with E-state index >= 15 is 0 Å². The van der Waals surface area contributed by atoms with Crippen LogP contribution in [0.5, 0.6) is 0 Å². The van der Waals surface area contributed by atoms with Crippen LogP contribution in [-0.2, 0) is 6.54 Å². The molecule has 1 aliphatic heterocycles. The molecule has 0 spiro atoms. The summed E-state index contributed by atoms with van der Waals surface area (Å²) in [6, 6.07) is 5.82. The number of aliphatic hydroxyl groups is 1. The number of nitrogens with one attached hydrogen (secondary N) is 1. The molecule has 2 heterocycles. The van der Waals surface area contributed by atoms with Crippen molar-refractivity contribution in [1.29, 1.82) is 0 Å². The second-order valence-electron chi connectivity index (χ2n) is 7.90. The van der Waals surface area contributed by atoms with Crippen molar-refractivity contribution in [3.05, 3.63) is 47.2 Å². The minimum atomic E-state index is -0.266. The van der Waals surface area contributed by atoms with Gasteiger partial charge in [0.05, 0.1) is 12.6 Å². The van der Waals surface area contributed by atoms with Crippen LogP contribution >= 0.6 is 0 Å². The van der Waals surface area contributed by atoms with Crippen LogP contribution in [-0.4, -0.2) is 64.6 Å². The lowest BCUT2D eigenvalue weighted by molar-refractivity contribution is 0.0634. The SMILES string of the molecule is CCCC(O)CN1CCN(Cc2nc(C(=O)Nc3ccc(C)c(C)c3)co2)CC1. The lowest BCUT2D eigenvalue weighted by Gasteiger charge is -2.34. The lowest BCUT2D eigenvalue weighted by atomic mass is 10.1. The smallest absolute Gasteiger partial charge is 0.277 e. The van der Waals surface area contributed by atoms with Crippen LogP contribution in [0.2, 0.25) is 0 Å². The van der Waals surface area contributed by atoms with Gasteiger partial charge < -0.3 is 14.8 Å². The molecule has 7 nitrogen and oxygen atoms in total. The topological polar surface area (TPSA) is 81.8 Å². The number of nitrogens with zero attached hydrogens (tertiary/aromatic N) is 3. The first-order valence-corrected chi connectivity index (χ1v) is 10.4. The number of hydrogen-bond acceptors (Lipinski definition) is 6. The maximum Gasteiger partial charge on any atom is 0.277 e. The van der Waals surface area contributed by atoms with Gasteiger partial charge in [0.15, 0.2) is 5.69 Å². The van der Waals surface area contributed by atoms with E-state index in [0.717, 1.165) is 56.8 Å². The number of β-amino-alcohol motifs (C(OH)–C–C–N with tert-alkyl or cyclic N) is 1. The summed E-state index contributed by atoms with van der Waals surface area (Å²) in [5.41, 5.74) is 3.36. The maximum absolute atomic E-state index is 12.4. The van der Waals surface area contributed by atoms with Gasteiger partial charge in [0, 0.05) is 38.4 Å². The van der Waals surface area contributed by atoms with Gasteiger partial charge in [0.2, 0.25) is 5.89 Å². The number of carbonyl (C=O) groups excluding carboxylic acids is 1. The Labute approximate surface area is 172 Å². The van der Waals surface area contributed by atoms with Crippen LogP contribution in [0.3, 0.4) is 0 Å². The highest BCUT2D eigenvalue weighted by molar-refractivity contribution is 6.02. The van der Waals surface area contributed by atoms with Gasteiger partial charge in [0.25, 0.3) is 5.91 Å². The van der Waals surface area contributed by atoms with E-state index in [0.29, 0.717) is 18.1 Å². The molecule has 0 radical (unpaired) electrons. The van der Waals surface area contributed by atoms with Gasteiger partial charge in [-0.25, -0.2) is 4.98 Å². The number of amides is 1. The van der Waals surface area contributed by atoms with E-state index in [1.54, 1.807) is 0 Å². The molecular formula is C22H32N4O3. The molecule has 0 saturated carbocycles. The van der Waals surface area contributed by atoms with Crippen LogP contribution in [0.1, 0.15) is 47.3 Å². The largest absolute Gasteiger partial charge is 0.447 e. The molecule has 0 bridgehead atoms. The van der Waals surface area contributed by atoms with Crippen molar-refractivity contribution in [2.45, 2.75) is 46.3 Å². The standard InChI is InChI=1S/C22H32N4O3/c1-4-5-19(27)13-25-8-10-26(11-9-25)14-21-24-20(15-29-21)22(28)23-18-7-6-16(2)17(3)12-18/h6-7,12,15,19,27H,4-5,8-11,13-14H2,1-3H3,(H,23,28). The van der Waals surface area contributed by atoms with E-state index < -0.39 is 0 Å². The first-order valence-electron chi connectivity index (χ1n) is 10.4. The molecule has 2 aromatic rings. The van der Waals surface area contributed by atoms with E-state index in [-0.39, 0.29) is 12.0 Å². The van der Waals surface area contributed by atoms with E-state index in [4.69, 9.17) is 4.42 Å². The zero-order valence-electron chi connectivity index (χ0n) is 17.6. The minimum Gasteiger partial charge on any atom is -0.447 e. The minimum absolute atomic E-state index is 0.239. The van der Waals surface area contributed by atoms with Gasteiger partial charge in [-0.15, -0.1) is 0 Å². The second-order valence-corrected chi connectivity index (χ2v) is 7.90. The zero-order chi connectivity index (χ0) is 20.8. The number of oxazole rings is 1. The van der Waals surface area contributed by atoms with Crippen molar-refractivity contribution in [3.8, 4) is 0 Å². The summed E-state index contributed by atoms with van der Waals surface area (Å²) in [5.74, 6) is 0.285. The average molecular weight is 401 g/mol. The first kappa shape index (κ1) is 21.5. The summed E-state index contributed by atoms with van der Waals surface area (Å²) < 4.78 is 5.53. The lowest BCUT2D eigenvalue weighted by Crippen LogP contribution is -2.48. The van der Waals surface area contributed by atoms with Gasteiger partial charge in [-0.1, -0.05) is 19.4 Å². The fourth-order valence-corrected chi connectivity index (χ4v) is 3.55. The van der Waals surface area contributed by atoms with E-state index in [9.17, 15) is 9.90 Å². The number of hydrogen-bond donors (Lipinski definition) is 2. The molecule has 29 heavy (non-hydrogen) atoms. The number of rotatable bonds is 8. The molecule has 7 heteroatoms. The van der Waals surface area contributed by atoms with E-state index in [1.807, 2.05) is 32.0 Å². The van der Waals surface area contributed by atoms with Crippen molar-refractivity contribution < 1.29 is 14.3 Å². The molecule has 1 atom stereocenters. The highest BCUT2D eigenvalue weighted by Gasteiger charge is 2.21. The summed E-state index contributed by atoms with van der Waals surface area (Å²) in [6.45, 7) is 11.1. The molecular weight excluding hydrogens is 368 g/mol. The van der Waals surface area contributed by atoms with E-state index in [1.165, 1.54) is 11.8 Å². The summed E-state index contributed by atoms with van der Waals surface area (Å²) in [6.07, 6.45) is 3.04. The molecule has 3 rings (SSSR count). The molecule has 1 amide bonds. The Morgan fingerprint density at radius 3 is 2.62 bits per heavy atom. The third-order valence-corrected chi connectivity index (χ3v) is 5.46. The Morgan fingerprint density at radius 1 is 1.21 bits per heavy atom. The average Bonchev–Trinajstić information content (AvgIpc) is 3.15. The third-order valence-electron chi connectivity index (χ3n) is 5.46. The molecule has 0 aliphatic carbocycles. The third kappa shape index (κ3) is 6.13. The van der Waals surface area contributed by atoms with Crippen LogP contribution < -0.4 is 5.32 Å². The van der Waals surface area contributed by atoms with Crippen molar-refractivity contribution in [2.75, 3.05) is 38.0 Å². The molecule has 1 aromatic heterocycles. The molecule has 1 saturated heterocycles. The highest BCUT2D eigenvalue weighted by atomic mass is 16.3. The van der Waals surface area contributed by atoms with Crippen molar-refractivity contribution in [2.24, 2.45) is 0 Å². The van der Waals surface area contributed by atoms with Gasteiger partial charge in [-0.3, -0.25) is 14.6 Å². The van der Waals surface area contributed by atoms with Crippen LogP contribution in [0, 0.1) is 13.8 Å². The number of benzene rings is 1. The number of aliphatic hydroxyl groups excluding tert-OH is 1. The van der Waals surface area contributed by atoms with Crippen molar-refractivity contribution >= 4 is 11.6 Å². The predicted molar refractivity (Wildman–Crippen MR) is 113 cm³/mol. The molecule has 158 valence electrons. The monoisotopic (exact) mass is 400 g/mol. The van der Waals surface area contributed by atoms with Crippen molar-refractivity contribution in [1.82, 2.24) is 14.8 Å². The Morgan fingerprint density at radius 2 is 1.93 bits per heavy atom. The van der Waals surface area contributed by atoms with Gasteiger partial charge >= 0.3 is 0 Å².